The van der Waals surface area contributed by atoms with E-state index in [0.29, 0.717) is 26.4 Å². The van der Waals surface area contributed by atoms with Crippen LogP contribution in [0.2, 0.25) is 0 Å². The third kappa shape index (κ3) is 1.76. The van der Waals surface area contributed by atoms with E-state index >= 15 is 0 Å². The lowest BCUT2D eigenvalue weighted by molar-refractivity contribution is 0.209. The summed E-state index contributed by atoms with van der Waals surface area (Å²) in [5.74, 6) is 6.12. The van der Waals surface area contributed by atoms with Crippen molar-refractivity contribution in [1.82, 2.24) is 0 Å². The second-order valence-corrected chi connectivity index (χ2v) is 2.74. The Morgan fingerprint density at radius 2 is 1.42 bits per heavy atom. The SMILES string of the molecule is C(#CC1=CCOC1)C1=CCOC1. The Balaban J connectivity index is 1.99. The largest absolute Gasteiger partial charge is 0.372 e. The maximum absolute atomic E-state index is 5.13. The normalized spacial score (nSPS) is 21.3. The summed E-state index contributed by atoms with van der Waals surface area (Å²) in [6.45, 7) is 2.75. The average Bonchev–Trinajstić information content (AvgIpc) is 2.74. The van der Waals surface area contributed by atoms with Crippen molar-refractivity contribution in [2.24, 2.45) is 0 Å². The van der Waals surface area contributed by atoms with E-state index < -0.39 is 0 Å². The summed E-state index contributed by atoms with van der Waals surface area (Å²) >= 11 is 0. The van der Waals surface area contributed by atoms with Crippen molar-refractivity contribution in [2.75, 3.05) is 26.4 Å². The van der Waals surface area contributed by atoms with Crippen molar-refractivity contribution < 1.29 is 9.47 Å². The molecule has 0 spiro atoms. The summed E-state index contributed by atoms with van der Waals surface area (Å²) in [5, 5.41) is 0. The van der Waals surface area contributed by atoms with Gasteiger partial charge in [-0.2, -0.15) is 0 Å². The maximum Gasteiger partial charge on any atom is 0.0797 e. The molecule has 2 nitrogen and oxygen atoms in total. The highest BCUT2D eigenvalue weighted by molar-refractivity contribution is 5.40. The molecular formula is C10H10O2. The van der Waals surface area contributed by atoms with Crippen molar-refractivity contribution >= 4 is 0 Å². The van der Waals surface area contributed by atoms with Gasteiger partial charge < -0.3 is 9.47 Å². The molecule has 0 bridgehead atoms. The molecule has 2 heterocycles. The van der Waals surface area contributed by atoms with Crippen LogP contribution >= 0.6 is 0 Å². The molecule has 2 rings (SSSR count). The van der Waals surface area contributed by atoms with Crippen molar-refractivity contribution in [3.8, 4) is 11.8 Å². The highest BCUT2D eigenvalue weighted by Crippen LogP contribution is 2.05. The first kappa shape index (κ1) is 7.60. The first-order chi connectivity index (χ1) is 5.95. The lowest BCUT2D eigenvalue weighted by Crippen LogP contribution is -1.86. The number of hydrogen-bond donors (Lipinski definition) is 0. The Hall–Kier alpha value is -1.04. The van der Waals surface area contributed by atoms with E-state index in [1.165, 1.54) is 0 Å². The van der Waals surface area contributed by atoms with Crippen molar-refractivity contribution in [3.05, 3.63) is 23.3 Å². The van der Waals surface area contributed by atoms with E-state index in [-0.39, 0.29) is 0 Å². The van der Waals surface area contributed by atoms with E-state index in [4.69, 9.17) is 9.47 Å². The maximum atomic E-state index is 5.13. The van der Waals surface area contributed by atoms with Gasteiger partial charge in [0.05, 0.1) is 26.4 Å². The lowest BCUT2D eigenvalue weighted by atomic mass is 10.2. The van der Waals surface area contributed by atoms with E-state index in [9.17, 15) is 0 Å². The summed E-state index contributed by atoms with van der Waals surface area (Å²) in [7, 11) is 0. The van der Waals surface area contributed by atoms with Crippen molar-refractivity contribution in [3.63, 3.8) is 0 Å². The van der Waals surface area contributed by atoms with E-state index in [2.05, 4.69) is 11.8 Å². The zero-order valence-electron chi connectivity index (χ0n) is 6.80. The van der Waals surface area contributed by atoms with Crippen LogP contribution in [0, 0.1) is 11.8 Å². The van der Waals surface area contributed by atoms with Crippen molar-refractivity contribution in [1.29, 1.82) is 0 Å². The van der Waals surface area contributed by atoms with Crippen LogP contribution in [0.25, 0.3) is 0 Å². The first-order valence-electron chi connectivity index (χ1n) is 4.01. The van der Waals surface area contributed by atoms with Gasteiger partial charge >= 0.3 is 0 Å². The van der Waals surface area contributed by atoms with Crippen LogP contribution in [0.4, 0.5) is 0 Å². The minimum atomic E-state index is 0.668. The molecule has 62 valence electrons. The minimum Gasteiger partial charge on any atom is -0.372 e. The number of ether oxygens (including phenoxy) is 2. The fourth-order valence-electron chi connectivity index (χ4n) is 1.11. The van der Waals surface area contributed by atoms with Gasteiger partial charge in [-0.25, -0.2) is 0 Å². The van der Waals surface area contributed by atoms with Crippen LogP contribution < -0.4 is 0 Å². The highest BCUT2D eigenvalue weighted by Gasteiger charge is 2.02. The standard InChI is InChI=1S/C10H10O2/c1(9-3-5-11-7-9)2-10-4-6-12-8-10/h3-4H,5-8H2. The van der Waals surface area contributed by atoms with Crippen LogP contribution in [0.3, 0.4) is 0 Å². The molecule has 12 heavy (non-hydrogen) atoms. The van der Waals surface area contributed by atoms with Crippen LogP contribution in [0.5, 0.6) is 0 Å². The molecule has 0 aromatic rings. The zero-order chi connectivity index (χ0) is 8.23. The van der Waals surface area contributed by atoms with Crippen LogP contribution in [-0.4, -0.2) is 26.4 Å². The van der Waals surface area contributed by atoms with Crippen LogP contribution in [0.15, 0.2) is 23.3 Å². The fraction of sp³-hybridized carbons (Fsp3) is 0.400. The minimum absolute atomic E-state index is 0.668. The molecule has 0 amide bonds. The molecule has 0 N–H and O–H groups in total. The first-order valence-corrected chi connectivity index (χ1v) is 4.01. The van der Waals surface area contributed by atoms with Gasteiger partial charge in [-0.05, 0) is 12.2 Å². The molecular weight excluding hydrogens is 152 g/mol. The lowest BCUT2D eigenvalue weighted by Gasteiger charge is -1.87. The quantitative estimate of drug-likeness (QED) is 0.493. The summed E-state index contributed by atoms with van der Waals surface area (Å²) in [6, 6.07) is 0. The fourth-order valence-corrected chi connectivity index (χ4v) is 1.11. The Kier molecular flexibility index (Phi) is 2.26. The van der Waals surface area contributed by atoms with E-state index in [0.717, 1.165) is 11.1 Å². The molecule has 0 aromatic heterocycles. The smallest absolute Gasteiger partial charge is 0.0797 e. The van der Waals surface area contributed by atoms with Crippen LogP contribution in [0.1, 0.15) is 0 Å². The summed E-state index contributed by atoms with van der Waals surface area (Å²) in [6.07, 6.45) is 4.03. The molecule has 0 saturated heterocycles. The van der Waals surface area contributed by atoms with Gasteiger partial charge in [-0.1, -0.05) is 11.8 Å². The molecule has 2 aliphatic heterocycles. The third-order valence-electron chi connectivity index (χ3n) is 1.79. The zero-order valence-corrected chi connectivity index (χ0v) is 6.80. The molecule has 0 unspecified atom stereocenters. The number of hydrogen-bond acceptors (Lipinski definition) is 2. The average molecular weight is 162 g/mol. The van der Waals surface area contributed by atoms with Gasteiger partial charge in [-0.3, -0.25) is 0 Å². The van der Waals surface area contributed by atoms with E-state index in [1.807, 2.05) is 12.2 Å². The third-order valence-corrected chi connectivity index (χ3v) is 1.79. The predicted molar refractivity (Wildman–Crippen MR) is 45.6 cm³/mol. The molecule has 2 aliphatic rings. The summed E-state index contributed by atoms with van der Waals surface area (Å²) < 4.78 is 10.3. The topological polar surface area (TPSA) is 18.5 Å². The Labute approximate surface area is 71.9 Å². The molecule has 0 atom stereocenters. The monoisotopic (exact) mass is 162 g/mol. The van der Waals surface area contributed by atoms with Gasteiger partial charge in [0.25, 0.3) is 0 Å². The molecule has 0 aromatic carbocycles. The molecule has 0 aliphatic carbocycles. The Morgan fingerprint density at radius 3 is 1.75 bits per heavy atom. The second kappa shape index (κ2) is 3.57. The predicted octanol–water partition coefficient (Wildman–Crippen LogP) is 0.903. The summed E-state index contributed by atoms with van der Waals surface area (Å²) in [5.41, 5.74) is 2.17. The van der Waals surface area contributed by atoms with E-state index in [1.54, 1.807) is 0 Å². The van der Waals surface area contributed by atoms with Gasteiger partial charge in [0.2, 0.25) is 0 Å². The molecule has 2 heteroatoms. The second-order valence-electron chi connectivity index (χ2n) is 2.74. The van der Waals surface area contributed by atoms with Gasteiger partial charge in [-0.15, -0.1) is 0 Å². The molecule has 0 radical (unpaired) electrons. The Bertz CT molecular complexity index is 261. The summed E-state index contributed by atoms with van der Waals surface area (Å²) in [4.78, 5) is 0. The van der Waals surface area contributed by atoms with Gasteiger partial charge in [0.1, 0.15) is 0 Å². The Morgan fingerprint density at radius 1 is 0.917 bits per heavy atom. The molecule has 0 saturated carbocycles. The van der Waals surface area contributed by atoms with Crippen molar-refractivity contribution in [2.45, 2.75) is 0 Å². The van der Waals surface area contributed by atoms with Crippen LogP contribution in [-0.2, 0) is 9.47 Å². The number of rotatable bonds is 0. The van der Waals surface area contributed by atoms with Gasteiger partial charge in [0.15, 0.2) is 0 Å². The highest BCUT2D eigenvalue weighted by atomic mass is 16.5. The molecule has 0 fully saturated rings. The van der Waals surface area contributed by atoms with Gasteiger partial charge in [0, 0.05) is 11.1 Å².